The van der Waals surface area contributed by atoms with E-state index >= 15 is 0 Å². The van der Waals surface area contributed by atoms with Crippen molar-refractivity contribution in [1.29, 1.82) is 0 Å². The molecule has 1 aliphatic heterocycles. The van der Waals surface area contributed by atoms with E-state index in [0.717, 1.165) is 51.6 Å². The minimum atomic E-state index is -0.324. The molecule has 144 valence electrons. The largest absolute Gasteiger partial charge is 0.508 e. The van der Waals surface area contributed by atoms with Crippen LogP contribution in [-0.4, -0.2) is 34.8 Å². The average molecular weight is 367 g/mol. The monoisotopic (exact) mass is 367 g/mol. The van der Waals surface area contributed by atoms with Crippen LogP contribution in [0.5, 0.6) is 5.75 Å². The number of Topliss-reactive ketones (excluding diaryl/α,β-unsaturated/α-hetero) is 1. The van der Waals surface area contributed by atoms with Crippen molar-refractivity contribution in [2.45, 2.75) is 57.8 Å². The predicted octanol–water partition coefficient (Wildman–Crippen LogP) is 3.67. The molecule has 0 spiro atoms. The van der Waals surface area contributed by atoms with Gasteiger partial charge in [-0.15, -0.1) is 0 Å². The zero-order chi connectivity index (χ0) is 18.8. The molecule has 3 aliphatic carbocycles. The van der Waals surface area contributed by atoms with Gasteiger partial charge in [-0.25, -0.2) is 0 Å². The second kappa shape index (κ2) is 6.08. The minimum Gasteiger partial charge on any atom is -0.508 e. The standard InChI is InChI=1S/C23H29NO3/c1-23-9-8-17-16-7-5-15(25)12-14(16)4-6-18(17)21(23)19(13-20(23)26)22(27)24-10-2-3-11-24/h5,7,12,17-19,21,25H,2-4,6,8-11,13H2,1H3/t17-,18-,19+,21-,23-/m1/s1. The van der Waals surface area contributed by atoms with E-state index in [4.69, 9.17) is 0 Å². The van der Waals surface area contributed by atoms with Crippen molar-refractivity contribution in [1.82, 2.24) is 4.90 Å². The SMILES string of the molecule is C[C@]12CC[C@@H]3c4ccc(O)cc4CC[C@H]3[C@@H]1[C@@H](C(=O)N1CCCC1)CC2=O. The number of phenolic OH excluding ortho intramolecular Hbond substituents is 1. The molecule has 1 heterocycles. The van der Waals surface area contributed by atoms with Crippen LogP contribution in [0.1, 0.15) is 62.5 Å². The number of phenols is 1. The Bertz CT molecular complexity index is 797. The highest BCUT2D eigenvalue weighted by Gasteiger charge is 2.60. The van der Waals surface area contributed by atoms with Crippen LogP contribution in [0.3, 0.4) is 0 Å². The molecular formula is C23H29NO3. The Morgan fingerprint density at radius 3 is 2.78 bits per heavy atom. The molecule has 5 rings (SSSR count). The van der Waals surface area contributed by atoms with Gasteiger partial charge in [-0.05, 0) is 79.5 Å². The number of benzene rings is 1. The number of ketones is 1. The summed E-state index contributed by atoms with van der Waals surface area (Å²) in [6, 6.07) is 5.78. The molecule has 5 atom stereocenters. The molecule has 1 aromatic rings. The molecule has 1 N–H and O–H groups in total. The number of carbonyl (C=O) groups is 2. The van der Waals surface area contributed by atoms with Crippen molar-refractivity contribution in [2.24, 2.45) is 23.2 Å². The summed E-state index contributed by atoms with van der Waals surface area (Å²) < 4.78 is 0. The van der Waals surface area contributed by atoms with Gasteiger partial charge in [0.05, 0.1) is 0 Å². The predicted molar refractivity (Wildman–Crippen MR) is 102 cm³/mol. The number of hydrogen-bond donors (Lipinski definition) is 1. The number of amides is 1. The van der Waals surface area contributed by atoms with E-state index in [1.165, 1.54) is 11.1 Å². The van der Waals surface area contributed by atoms with Crippen LogP contribution in [-0.2, 0) is 16.0 Å². The van der Waals surface area contributed by atoms with Crippen molar-refractivity contribution in [3.63, 3.8) is 0 Å². The molecule has 4 heteroatoms. The highest BCUT2D eigenvalue weighted by molar-refractivity contribution is 5.95. The highest BCUT2D eigenvalue weighted by atomic mass is 16.3. The summed E-state index contributed by atoms with van der Waals surface area (Å²) in [4.78, 5) is 28.3. The first kappa shape index (κ1) is 17.3. The summed E-state index contributed by atoms with van der Waals surface area (Å²) in [5.41, 5.74) is 2.28. The van der Waals surface area contributed by atoms with Crippen molar-refractivity contribution in [3.05, 3.63) is 29.3 Å². The molecule has 0 bridgehead atoms. The van der Waals surface area contributed by atoms with Gasteiger partial charge in [0.1, 0.15) is 11.5 Å². The number of nitrogens with zero attached hydrogens (tertiary/aromatic N) is 1. The molecule has 0 unspecified atom stereocenters. The molecule has 4 nitrogen and oxygen atoms in total. The van der Waals surface area contributed by atoms with E-state index in [-0.39, 0.29) is 23.2 Å². The molecule has 1 amide bonds. The van der Waals surface area contributed by atoms with Gasteiger partial charge < -0.3 is 10.0 Å². The lowest BCUT2D eigenvalue weighted by molar-refractivity contribution is -0.138. The molecule has 0 aromatic heterocycles. The Balaban J connectivity index is 1.51. The Hall–Kier alpha value is -1.84. The van der Waals surface area contributed by atoms with E-state index in [1.54, 1.807) is 6.07 Å². The first-order valence-electron chi connectivity index (χ1n) is 10.6. The van der Waals surface area contributed by atoms with Crippen LogP contribution in [0.15, 0.2) is 18.2 Å². The summed E-state index contributed by atoms with van der Waals surface area (Å²) >= 11 is 0. The fraction of sp³-hybridized carbons (Fsp3) is 0.652. The van der Waals surface area contributed by atoms with E-state index in [1.807, 2.05) is 11.0 Å². The van der Waals surface area contributed by atoms with Crippen LogP contribution >= 0.6 is 0 Å². The minimum absolute atomic E-state index is 0.118. The lowest BCUT2D eigenvalue weighted by Gasteiger charge is -2.49. The number of carbonyl (C=O) groups excluding carboxylic acids is 2. The summed E-state index contributed by atoms with van der Waals surface area (Å²) in [7, 11) is 0. The maximum Gasteiger partial charge on any atom is 0.226 e. The van der Waals surface area contributed by atoms with Crippen molar-refractivity contribution >= 4 is 11.7 Å². The van der Waals surface area contributed by atoms with E-state index in [9.17, 15) is 14.7 Å². The van der Waals surface area contributed by atoms with Gasteiger partial charge in [0, 0.05) is 30.8 Å². The van der Waals surface area contributed by atoms with Crippen molar-refractivity contribution in [2.75, 3.05) is 13.1 Å². The van der Waals surface area contributed by atoms with Gasteiger partial charge in [-0.3, -0.25) is 9.59 Å². The quantitative estimate of drug-likeness (QED) is 0.824. The van der Waals surface area contributed by atoms with Crippen LogP contribution < -0.4 is 0 Å². The first-order valence-corrected chi connectivity index (χ1v) is 10.6. The molecule has 4 aliphatic rings. The van der Waals surface area contributed by atoms with E-state index in [0.29, 0.717) is 29.8 Å². The Morgan fingerprint density at radius 2 is 2.00 bits per heavy atom. The van der Waals surface area contributed by atoms with Crippen molar-refractivity contribution < 1.29 is 14.7 Å². The summed E-state index contributed by atoms with van der Waals surface area (Å²) in [5.74, 6) is 1.79. The van der Waals surface area contributed by atoms with Gasteiger partial charge in [-0.2, -0.15) is 0 Å². The van der Waals surface area contributed by atoms with E-state index < -0.39 is 0 Å². The molecule has 1 aromatic carbocycles. The smallest absolute Gasteiger partial charge is 0.226 e. The van der Waals surface area contributed by atoms with Crippen molar-refractivity contribution in [3.8, 4) is 5.75 Å². The Labute approximate surface area is 160 Å². The third-order valence-corrected chi connectivity index (χ3v) is 8.17. The molecule has 27 heavy (non-hydrogen) atoms. The number of aromatic hydroxyl groups is 1. The molecular weight excluding hydrogens is 338 g/mol. The number of likely N-dealkylation sites (tertiary alicyclic amines) is 1. The van der Waals surface area contributed by atoms with Gasteiger partial charge in [-0.1, -0.05) is 13.0 Å². The second-order valence-corrected chi connectivity index (χ2v) is 9.44. The molecule has 3 fully saturated rings. The summed E-state index contributed by atoms with van der Waals surface area (Å²) in [6.45, 7) is 3.87. The van der Waals surface area contributed by atoms with Gasteiger partial charge in [0.2, 0.25) is 5.91 Å². The molecule has 1 saturated heterocycles. The zero-order valence-corrected chi connectivity index (χ0v) is 16.1. The Kier molecular flexibility index (Phi) is 3.89. The zero-order valence-electron chi connectivity index (χ0n) is 16.1. The third-order valence-electron chi connectivity index (χ3n) is 8.17. The topological polar surface area (TPSA) is 57.6 Å². The number of hydrogen-bond acceptors (Lipinski definition) is 3. The van der Waals surface area contributed by atoms with Crippen LogP contribution in [0, 0.1) is 23.2 Å². The summed E-state index contributed by atoms with van der Waals surface area (Å²) in [5, 5.41) is 9.85. The average Bonchev–Trinajstić information content (AvgIpc) is 3.28. The van der Waals surface area contributed by atoms with Gasteiger partial charge >= 0.3 is 0 Å². The summed E-state index contributed by atoms with van der Waals surface area (Å²) in [6.07, 6.45) is 6.51. The highest BCUT2D eigenvalue weighted by Crippen LogP contribution is 2.61. The fourth-order valence-electron chi connectivity index (χ4n) is 6.86. The number of aryl methyl sites for hydroxylation is 1. The van der Waals surface area contributed by atoms with Crippen LogP contribution in [0.25, 0.3) is 0 Å². The van der Waals surface area contributed by atoms with Crippen LogP contribution in [0.2, 0.25) is 0 Å². The Morgan fingerprint density at radius 1 is 1.22 bits per heavy atom. The van der Waals surface area contributed by atoms with E-state index in [2.05, 4.69) is 13.0 Å². The third kappa shape index (κ3) is 2.48. The number of fused-ring (bicyclic) bond motifs is 5. The fourth-order valence-corrected chi connectivity index (χ4v) is 6.86. The second-order valence-electron chi connectivity index (χ2n) is 9.44. The lowest BCUT2D eigenvalue weighted by Crippen LogP contribution is -2.47. The van der Waals surface area contributed by atoms with Crippen LogP contribution in [0.4, 0.5) is 0 Å². The number of rotatable bonds is 1. The maximum atomic E-state index is 13.3. The van der Waals surface area contributed by atoms with Gasteiger partial charge in [0.15, 0.2) is 0 Å². The lowest BCUT2D eigenvalue weighted by atomic mass is 9.54. The normalized spacial score (nSPS) is 37.7. The molecule has 2 saturated carbocycles. The maximum absolute atomic E-state index is 13.3. The van der Waals surface area contributed by atoms with Gasteiger partial charge in [0.25, 0.3) is 0 Å². The first-order chi connectivity index (χ1) is 13.0. The molecule has 0 radical (unpaired) electrons.